The van der Waals surface area contributed by atoms with Crippen LogP contribution >= 0.6 is 0 Å². The van der Waals surface area contributed by atoms with Crippen molar-refractivity contribution in [2.75, 3.05) is 0 Å². The molecule has 0 saturated heterocycles. The second-order valence-electron chi connectivity index (χ2n) is 11.2. The highest BCUT2D eigenvalue weighted by molar-refractivity contribution is 5.86. The quantitative estimate of drug-likeness (QED) is 0.338. The Kier molecular flexibility index (Phi) is 8.30. The second kappa shape index (κ2) is 11.3. The molecule has 0 bridgehead atoms. The van der Waals surface area contributed by atoms with E-state index in [1.165, 1.54) is 11.1 Å². The van der Waals surface area contributed by atoms with Gasteiger partial charge in [0.1, 0.15) is 11.7 Å². The van der Waals surface area contributed by atoms with Crippen LogP contribution in [-0.2, 0) is 28.2 Å². The van der Waals surface area contributed by atoms with Crippen LogP contribution in [0, 0.1) is 40.8 Å². The summed E-state index contributed by atoms with van der Waals surface area (Å²) in [6.07, 6.45) is 7.40. The molecule has 0 spiro atoms. The summed E-state index contributed by atoms with van der Waals surface area (Å²) in [6, 6.07) is 13.7. The number of Topliss-reactive ketones (excluding diaryl/α,β-unsaturated/α-hetero) is 1. The third-order valence-corrected chi connectivity index (χ3v) is 8.61. The van der Waals surface area contributed by atoms with Gasteiger partial charge in [-0.1, -0.05) is 71.2 Å². The Hall–Kier alpha value is -2.51. The number of fused-ring (bicyclic) bond motifs is 1. The fourth-order valence-electron chi connectivity index (χ4n) is 6.52. The number of hydrogen-bond donors (Lipinski definition) is 0. The van der Waals surface area contributed by atoms with Crippen molar-refractivity contribution in [1.82, 2.24) is 0 Å². The number of rotatable bonds is 10. The van der Waals surface area contributed by atoms with E-state index in [-0.39, 0.29) is 29.5 Å². The summed E-state index contributed by atoms with van der Waals surface area (Å²) < 4.78 is 21.6. The number of hydrogen-bond acceptors (Lipinski definition) is 3. The van der Waals surface area contributed by atoms with E-state index in [1.54, 1.807) is 12.1 Å². The molecule has 1 saturated carbocycles. The van der Waals surface area contributed by atoms with Crippen molar-refractivity contribution in [2.24, 2.45) is 23.7 Å². The molecule has 0 radical (unpaired) electrons. The van der Waals surface area contributed by atoms with Gasteiger partial charge in [0.15, 0.2) is 5.78 Å². The molecule has 4 heteroatoms. The maximum atomic E-state index is 15.3. The van der Waals surface area contributed by atoms with Gasteiger partial charge in [0, 0.05) is 5.92 Å². The number of carbonyl (C=O) groups is 1. The lowest BCUT2D eigenvalue weighted by Gasteiger charge is -2.29. The standard InChI is InChI=1S/C32H40FNO2/c1-5-13-32(14-6-2)29-17-24(10-12-27(29)20-36-32)25-9-11-26(30(33)18-25)16-28(19-34)31(35)22(4)23-8-7-21(3)15-23/h9-12,17-18,21-23,28H,5-8,13-16,20H2,1-4H3/t21-,22+,23+,28+/m1/s1. The summed E-state index contributed by atoms with van der Waals surface area (Å²) in [6.45, 7) is 9.17. The molecule has 3 nitrogen and oxygen atoms in total. The molecule has 36 heavy (non-hydrogen) atoms. The van der Waals surface area contributed by atoms with Crippen molar-refractivity contribution in [3.05, 3.63) is 58.9 Å². The van der Waals surface area contributed by atoms with E-state index in [1.807, 2.05) is 19.1 Å². The Bertz CT molecular complexity index is 1120. The minimum atomic E-state index is -0.808. The third kappa shape index (κ3) is 5.28. The highest BCUT2D eigenvalue weighted by atomic mass is 19.1. The van der Waals surface area contributed by atoms with Crippen molar-refractivity contribution < 1.29 is 13.9 Å². The van der Waals surface area contributed by atoms with Crippen molar-refractivity contribution in [3.63, 3.8) is 0 Å². The molecule has 2 aromatic rings. The highest BCUT2D eigenvalue weighted by Gasteiger charge is 2.38. The molecule has 0 N–H and O–H groups in total. The Morgan fingerprint density at radius 3 is 2.44 bits per heavy atom. The van der Waals surface area contributed by atoms with Crippen LogP contribution in [0.25, 0.3) is 11.1 Å². The molecule has 4 rings (SSSR count). The molecule has 0 unspecified atom stereocenters. The average molecular weight is 490 g/mol. The van der Waals surface area contributed by atoms with E-state index in [0.29, 0.717) is 24.0 Å². The van der Waals surface area contributed by atoms with Gasteiger partial charge in [-0.25, -0.2) is 4.39 Å². The van der Waals surface area contributed by atoms with Crippen LogP contribution in [0.5, 0.6) is 0 Å². The van der Waals surface area contributed by atoms with E-state index in [0.717, 1.165) is 56.1 Å². The molecule has 2 aromatic carbocycles. The van der Waals surface area contributed by atoms with E-state index in [2.05, 4.69) is 39.0 Å². The predicted octanol–water partition coefficient (Wildman–Crippen LogP) is 8.14. The maximum Gasteiger partial charge on any atom is 0.153 e. The molecule has 4 atom stereocenters. The van der Waals surface area contributed by atoms with Crippen LogP contribution in [-0.4, -0.2) is 5.78 Å². The summed E-state index contributed by atoms with van der Waals surface area (Å²) in [5.41, 5.74) is 4.42. The van der Waals surface area contributed by atoms with Gasteiger partial charge >= 0.3 is 0 Å². The van der Waals surface area contributed by atoms with Crippen LogP contribution in [0.4, 0.5) is 4.39 Å². The first-order chi connectivity index (χ1) is 17.3. The van der Waals surface area contributed by atoms with Gasteiger partial charge in [0.2, 0.25) is 0 Å². The molecule has 1 aliphatic carbocycles. The molecule has 2 aliphatic rings. The summed E-state index contributed by atoms with van der Waals surface area (Å²) >= 11 is 0. The van der Waals surface area contributed by atoms with Gasteiger partial charge < -0.3 is 4.74 Å². The highest BCUT2D eigenvalue weighted by Crippen LogP contribution is 2.45. The Morgan fingerprint density at radius 2 is 1.83 bits per heavy atom. The van der Waals surface area contributed by atoms with E-state index >= 15 is 4.39 Å². The number of ketones is 1. The number of halogens is 1. The number of ether oxygens (including phenoxy) is 1. The minimum Gasteiger partial charge on any atom is -0.366 e. The number of nitrogens with zero attached hydrogens (tertiary/aromatic N) is 1. The second-order valence-corrected chi connectivity index (χ2v) is 11.2. The van der Waals surface area contributed by atoms with E-state index in [4.69, 9.17) is 4.74 Å². The molecule has 1 fully saturated rings. The zero-order valence-electron chi connectivity index (χ0n) is 22.3. The third-order valence-electron chi connectivity index (χ3n) is 8.61. The summed E-state index contributed by atoms with van der Waals surface area (Å²) in [7, 11) is 0. The van der Waals surface area contributed by atoms with Gasteiger partial charge in [-0.05, 0) is 83.9 Å². The molecular weight excluding hydrogens is 449 g/mol. The lowest BCUT2D eigenvalue weighted by molar-refractivity contribution is -0.126. The average Bonchev–Trinajstić information content (AvgIpc) is 3.46. The maximum absolute atomic E-state index is 15.3. The molecule has 0 aromatic heterocycles. The molecule has 0 amide bonds. The lowest BCUT2D eigenvalue weighted by atomic mass is 9.81. The van der Waals surface area contributed by atoms with E-state index < -0.39 is 5.92 Å². The van der Waals surface area contributed by atoms with Crippen LogP contribution in [0.1, 0.15) is 89.3 Å². The largest absolute Gasteiger partial charge is 0.366 e. The first-order valence-corrected chi connectivity index (χ1v) is 13.8. The smallest absolute Gasteiger partial charge is 0.153 e. The Labute approximate surface area is 216 Å². The van der Waals surface area contributed by atoms with Gasteiger partial charge in [-0.3, -0.25) is 4.79 Å². The molecule has 192 valence electrons. The lowest BCUT2D eigenvalue weighted by Crippen LogP contribution is -2.27. The fraction of sp³-hybridized carbons (Fsp3) is 0.562. The van der Waals surface area contributed by atoms with Gasteiger partial charge in [-0.2, -0.15) is 5.26 Å². The Morgan fingerprint density at radius 1 is 1.14 bits per heavy atom. The zero-order valence-corrected chi connectivity index (χ0v) is 22.3. The monoisotopic (exact) mass is 489 g/mol. The van der Waals surface area contributed by atoms with Crippen LogP contribution in [0.15, 0.2) is 36.4 Å². The molecule has 1 aliphatic heterocycles. The topological polar surface area (TPSA) is 50.1 Å². The predicted molar refractivity (Wildman–Crippen MR) is 142 cm³/mol. The number of nitriles is 1. The summed E-state index contributed by atoms with van der Waals surface area (Å²) in [5, 5.41) is 9.75. The summed E-state index contributed by atoms with van der Waals surface area (Å²) in [5.74, 6) is -0.378. The summed E-state index contributed by atoms with van der Waals surface area (Å²) in [4.78, 5) is 13.1. The van der Waals surface area contributed by atoms with Crippen LogP contribution in [0.3, 0.4) is 0 Å². The van der Waals surface area contributed by atoms with E-state index in [9.17, 15) is 10.1 Å². The van der Waals surface area contributed by atoms with Gasteiger partial charge in [-0.15, -0.1) is 0 Å². The number of carbonyl (C=O) groups excluding carboxylic acids is 1. The number of benzene rings is 2. The van der Waals surface area contributed by atoms with Crippen LogP contribution in [0.2, 0.25) is 0 Å². The van der Waals surface area contributed by atoms with Crippen molar-refractivity contribution >= 4 is 5.78 Å². The van der Waals surface area contributed by atoms with Gasteiger partial charge in [0.25, 0.3) is 0 Å². The minimum absolute atomic E-state index is 0.0399. The first-order valence-electron chi connectivity index (χ1n) is 13.8. The van der Waals surface area contributed by atoms with Crippen molar-refractivity contribution in [2.45, 2.75) is 91.3 Å². The SMILES string of the molecule is CCCC1(CCC)OCc2ccc(-c3ccc(C[C@@H](C#N)C(=O)[C@@H](C)[C@H]4CC[C@@H](C)C4)c(F)c3)cc21. The van der Waals surface area contributed by atoms with Gasteiger partial charge in [0.05, 0.1) is 18.3 Å². The van der Waals surface area contributed by atoms with Crippen LogP contribution < -0.4 is 0 Å². The van der Waals surface area contributed by atoms with Crippen molar-refractivity contribution in [1.29, 1.82) is 5.26 Å². The van der Waals surface area contributed by atoms with Crippen molar-refractivity contribution in [3.8, 4) is 17.2 Å². The molecule has 1 heterocycles. The molecular formula is C32H40FNO2. The Balaban J connectivity index is 1.53. The first kappa shape index (κ1) is 26.6. The fourth-order valence-corrected chi connectivity index (χ4v) is 6.52. The zero-order chi connectivity index (χ0) is 25.9. The normalized spacial score (nSPS) is 22.1.